The monoisotopic (exact) mass is 346 g/mol. The fourth-order valence-electron chi connectivity index (χ4n) is 3.16. The van der Waals surface area contributed by atoms with Gasteiger partial charge in [-0.3, -0.25) is 10.1 Å². The fourth-order valence-corrected chi connectivity index (χ4v) is 4.01. The van der Waals surface area contributed by atoms with Crippen molar-refractivity contribution >= 4 is 21.2 Å². The van der Waals surface area contributed by atoms with Crippen LogP contribution < -0.4 is 4.90 Å². The van der Waals surface area contributed by atoms with E-state index in [2.05, 4.69) is 12.1 Å². The molecular formula is C17H18N2O4S. The summed E-state index contributed by atoms with van der Waals surface area (Å²) in [5.41, 5.74) is 2.52. The highest BCUT2D eigenvalue weighted by molar-refractivity contribution is 7.90. The van der Waals surface area contributed by atoms with E-state index in [1.54, 1.807) is 12.1 Å². The molecule has 0 aromatic heterocycles. The normalized spacial score (nSPS) is 14.8. The van der Waals surface area contributed by atoms with Gasteiger partial charge in [-0.1, -0.05) is 30.3 Å². The Labute approximate surface area is 140 Å². The van der Waals surface area contributed by atoms with Gasteiger partial charge in [0.25, 0.3) is 0 Å². The molecule has 1 aliphatic rings. The van der Waals surface area contributed by atoms with E-state index in [0.29, 0.717) is 18.8 Å². The van der Waals surface area contributed by atoms with Gasteiger partial charge in [-0.2, -0.15) is 0 Å². The molecule has 6 nitrogen and oxygen atoms in total. The molecular weight excluding hydrogens is 328 g/mol. The number of fused-ring (bicyclic) bond motifs is 1. The lowest BCUT2D eigenvalue weighted by Crippen LogP contribution is -2.27. The molecule has 0 spiro atoms. The topological polar surface area (TPSA) is 80.5 Å². The molecule has 2 aromatic rings. The van der Waals surface area contributed by atoms with Gasteiger partial charge in [0.2, 0.25) is 0 Å². The Bertz CT molecular complexity index is 866. The molecule has 0 bridgehead atoms. The Morgan fingerprint density at radius 2 is 1.58 bits per heavy atom. The fraction of sp³-hybridized carbons (Fsp3) is 0.294. The van der Waals surface area contributed by atoms with Crippen molar-refractivity contribution in [2.45, 2.75) is 17.7 Å². The van der Waals surface area contributed by atoms with Gasteiger partial charge in [0.05, 0.1) is 4.92 Å². The first-order chi connectivity index (χ1) is 11.4. The number of hydrogen-bond acceptors (Lipinski definition) is 5. The van der Waals surface area contributed by atoms with Gasteiger partial charge >= 0.3 is 5.69 Å². The van der Waals surface area contributed by atoms with Gasteiger partial charge < -0.3 is 4.90 Å². The lowest BCUT2D eigenvalue weighted by Gasteiger charge is -2.23. The van der Waals surface area contributed by atoms with E-state index in [1.807, 2.05) is 17.0 Å². The van der Waals surface area contributed by atoms with Crippen LogP contribution in [0.15, 0.2) is 47.4 Å². The predicted octanol–water partition coefficient (Wildman–Crippen LogP) is 2.60. The molecule has 3 rings (SSSR count). The number of hydrogen-bond donors (Lipinski definition) is 0. The number of anilines is 1. The van der Waals surface area contributed by atoms with E-state index in [9.17, 15) is 18.5 Å². The number of para-hydroxylation sites is 1. The van der Waals surface area contributed by atoms with Crippen LogP contribution in [0.5, 0.6) is 0 Å². The third kappa shape index (κ3) is 3.12. The number of benzene rings is 2. The van der Waals surface area contributed by atoms with E-state index in [4.69, 9.17) is 0 Å². The molecule has 7 heteroatoms. The zero-order chi connectivity index (χ0) is 17.3. The van der Waals surface area contributed by atoms with Crippen LogP contribution >= 0.6 is 0 Å². The van der Waals surface area contributed by atoms with Gasteiger partial charge in [-0.15, -0.1) is 0 Å². The number of nitro benzene ring substituents is 1. The summed E-state index contributed by atoms with van der Waals surface area (Å²) < 4.78 is 23.8. The Morgan fingerprint density at radius 1 is 1.00 bits per heavy atom. The van der Waals surface area contributed by atoms with Gasteiger partial charge in [0.1, 0.15) is 10.6 Å². The number of sulfone groups is 1. The van der Waals surface area contributed by atoms with Crippen molar-refractivity contribution in [1.29, 1.82) is 0 Å². The summed E-state index contributed by atoms with van der Waals surface area (Å²) in [5, 5.41) is 11.6. The van der Waals surface area contributed by atoms with Crippen LogP contribution in [0.2, 0.25) is 0 Å². The maximum Gasteiger partial charge on any atom is 0.311 e. The minimum Gasteiger partial charge on any atom is -0.365 e. The minimum absolute atomic E-state index is 0.230. The Hall–Kier alpha value is -2.41. The molecule has 2 aromatic carbocycles. The Balaban J connectivity index is 2.03. The summed E-state index contributed by atoms with van der Waals surface area (Å²) in [5.74, 6) is 0. The maximum absolute atomic E-state index is 11.9. The summed E-state index contributed by atoms with van der Waals surface area (Å²) in [6.07, 6.45) is 2.55. The number of nitrogens with zero attached hydrogens (tertiary/aromatic N) is 2. The van der Waals surface area contributed by atoms with Gasteiger partial charge in [-0.05, 0) is 36.1 Å². The molecule has 0 N–H and O–H groups in total. The highest BCUT2D eigenvalue weighted by atomic mass is 32.2. The van der Waals surface area contributed by atoms with Crippen molar-refractivity contribution in [3.05, 3.63) is 63.7 Å². The minimum atomic E-state index is -3.67. The van der Waals surface area contributed by atoms with Crippen LogP contribution in [0, 0.1) is 10.1 Å². The van der Waals surface area contributed by atoms with Crippen molar-refractivity contribution in [3.63, 3.8) is 0 Å². The SMILES string of the molecule is CS(=O)(=O)c1cccc(N2CCc3ccccc3CC2)c1[N+](=O)[O-]. The molecule has 1 aliphatic heterocycles. The number of nitro groups is 1. The van der Waals surface area contributed by atoms with E-state index >= 15 is 0 Å². The van der Waals surface area contributed by atoms with Crippen molar-refractivity contribution in [2.24, 2.45) is 0 Å². The predicted molar refractivity (Wildman–Crippen MR) is 92.3 cm³/mol. The van der Waals surface area contributed by atoms with Crippen LogP contribution in [-0.2, 0) is 22.7 Å². The molecule has 126 valence electrons. The van der Waals surface area contributed by atoms with Crippen molar-refractivity contribution in [2.75, 3.05) is 24.2 Å². The Kier molecular flexibility index (Phi) is 4.28. The second-order valence-corrected chi connectivity index (χ2v) is 7.89. The summed E-state index contributed by atoms with van der Waals surface area (Å²) in [7, 11) is -3.67. The van der Waals surface area contributed by atoms with Crippen molar-refractivity contribution < 1.29 is 13.3 Å². The lowest BCUT2D eigenvalue weighted by atomic mass is 10.0. The molecule has 0 unspecified atom stereocenters. The first-order valence-electron chi connectivity index (χ1n) is 7.67. The van der Waals surface area contributed by atoms with Crippen LogP contribution in [0.3, 0.4) is 0 Å². The van der Waals surface area contributed by atoms with Gasteiger partial charge in [0, 0.05) is 19.3 Å². The van der Waals surface area contributed by atoms with Crippen LogP contribution in [-0.4, -0.2) is 32.7 Å². The summed E-state index contributed by atoms with van der Waals surface area (Å²) in [4.78, 5) is 12.6. The first kappa shape index (κ1) is 16.4. The van der Waals surface area contributed by atoms with E-state index in [-0.39, 0.29) is 10.6 Å². The van der Waals surface area contributed by atoms with Crippen LogP contribution in [0.25, 0.3) is 0 Å². The standard InChI is InChI=1S/C17H18N2O4S/c1-24(22,23)16-8-4-7-15(17(16)19(20)21)18-11-9-13-5-2-3-6-14(13)10-12-18/h2-8H,9-12H2,1H3. The Morgan fingerprint density at radius 3 is 2.08 bits per heavy atom. The summed E-state index contributed by atoms with van der Waals surface area (Å²) >= 11 is 0. The molecule has 0 saturated carbocycles. The highest BCUT2D eigenvalue weighted by Crippen LogP contribution is 2.35. The van der Waals surface area contributed by atoms with Gasteiger partial charge in [-0.25, -0.2) is 8.42 Å². The zero-order valence-electron chi connectivity index (χ0n) is 13.3. The van der Waals surface area contributed by atoms with Crippen molar-refractivity contribution in [3.8, 4) is 0 Å². The third-order valence-corrected chi connectivity index (χ3v) is 5.45. The second-order valence-electron chi connectivity index (χ2n) is 5.91. The average Bonchev–Trinajstić information content (AvgIpc) is 2.76. The van der Waals surface area contributed by atoms with E-state index in [0.717, 1.165) is 19.1 Å². The molecule has 0 fully saturated rings. The van der Waals surface area contributed by atoms with Crippen LogP contribution in [0.4, 0.5) is 11.4 Å². The quantitative estimate of drug-likeness (QED) is 0.630. The maximum atomic E-state index is 11.9. The first-order valence-corrected chi connectivity index (χ1v) is 9.56. The molecule has 0 radical (unpaired) electrons. The molecule has 0 atom stereocenters. The zero-order valence-corrected chi connectivity index (χ0v) is 14.1. The highest BCUT2D eigenvalue weighted by Gasteiger charge is 2.29. The smallest absolute Gasteiger partial charge is 0.311 e. The number of rotatable bonds is 3. The second kappa shape index (κ2) is 6.24. The van der Waals surface area contributed by atoms with E-state index < -0.39 is 14.8 Å². The third-order valence-electron chi connectivity index (χ3n) is 4.32. The van der Waals surface area contributed by atoms with E-state index in [1.165, 1.54) is 17.2 Å². The molecule has 24 heavy (non-hydrogen) atoms. The van der Waals surface area contributed by atoms with Gasteiger partial charge in [0.15, 0.2) is 9.84 Å². The molecule has 0 saturated heterocycles. The summed E-state index contributed by atoms with van der Waals surface area (Å²) in [6, 6.07) is 12.6. The van der Waals surface area contributed by atoms with Crippen molar-refractivity contribution in [1.82, 2.24) is 0 Å². The average molecular weight is 346 g/mol. The summed E-state index contributed by atoms with van der Waals surface area (Å²) in [6.45, 7) is 1.23. The molecule has 0 amide bonds. The molecule has 0 aliphatic carbocycles. The largest absolute Gasteiger partial charge is 0.365 e. The van der Waals surface area contributed by atoms with Crippen LogP contribution in [0.1, 0.15) is 11.1 Å². The lowest BCUT2D eigenvalue weighted by molar-refractivity contribution is -0.387. The molecule has 1 heterocycles.